The van der Waals surface area contributed by atoms with E-state index in [1.165, 1.54) is 18.3 Å². The number of hydrogen-bond acceptors (Lipinski definition) is 5. The summed E-state index contributed by atoms with van der Waals surface area (Å²) in [6, 6.07) is 7.48. The number of H-pyrrole nitrogens is 1. The number of anilines is 1. The second-order valence-electron chi connectivity index (χ2n) is 6.84. The van der Waals surface area contributed by atoms with Gasteiger partial charge in [0.15, 0.2) is 6.61 Å². The Morgan fingerprint density at radius 2 is 1.96 bits per heavy atom. The molecule has 3 aromatic rings. The SMILES string of the molecule is CC(=O)Nc1sc2c(c1C(=O)OCC(=O)c1c[nH]c3ccccc13)CCCC2. The number of fused-ring (bicyclic) bond motifs is 2. The largest absolute Gasteiger partial charge is 0.454 e. The Labute approximate surface area is 165 Å². The second-order valence-corrected chi connectivity index (χ2v) is 7.95. The molecule has 2 N–H and O–H groups in total. The minimum atomic E-state index is -0.559. The molecule has 7 heteroatoms. The maximum Gasteiger partial charge on any atom is 0.341 e. The number of benzene rings is 1. The number of Topliss-reactive ketones (excluding diaryl/α,β-unsaturated/α-hetero) is 1. The lowest BCUT2D eigenvalue weighted by Crippen LogP contribution is -2.17. The van der Waals surface area contributed by atoms with E-state index in [0.29, 0.717) is 16.1 Å². The van der Waals surface area contributed by atoms with Crippen molar-refractivity contribution in [1.82, 2.24) is 4.98 Å². The topological polar surface area (TPSA) is 88.3 Å². The minimum absolute atomic E-state index is 0.234. The van der Waals surface area contributed by atoms with Crippen LogP contribution in [0.3, 0.4) is 0 Å². The number of aromatic amines is 1. The Balaban J connectivity index is 1.54. The number of para-hydroxylation sites is 1. The first-order valence-electron chi connectivity index (χ1n) is 9.23. The van der Waals surface area contributed by atoms with E-state index in [1.807, 2.05) is 24.3 Å². The van der Waals surface area contributed by atoms with E-state index in [2.05, 4.69) is 10.3 Å². The summed E-state index contributed by atoms with van der Waals surface area (Å²) in [7, 11) is 0. The van der Waals surface area contributed by atoms with Crippen LogP contribution in [0, 0.1) is 0 Å². The molecule has 2 heterocycles. The quantitative estimate of drug-likeness (QED) is 0.502. The molecule has 0 radical (unpaired) electrons. The zero-order valence-corrected chi connectivity index (χ0v) is 16.3. The van der Waals surface area contributed by atoms with Crippen LogP contribution in [0.4, 0.5) is 5.00 Å². The Kier molecular flexibility index (Phi) is 5.00. The number of ketones is 1. The number of nitrogens with one attached hydrogen (secondary N) is 2. The van der Waals surface area contributed by atoms with Gasteiger partial charge in [0.1, 0.15) is 5.00 Å². The molecule has 0 fully saturated rings. The van der Waals surface area contributed by atoms with Gasteiger partial charge in [-0.3, -0.25) is 9.59 Å². The molecule has 1 amide bonds. The molecule has 1 aliphatic carbocycles. The molecule has 1 aliphatic rings. The molecule has 0 saturated heterocycles. The summed E-state index contributed by atoms with van der Waals surface area (Å²) in [5.41, 5.74) is 2.71. The summed E-state index contributed by atoms with van der Waals surface area (Å²) in [5, 5.41) is 4.06. The monoisotopic (exact) mass is 396 g/mol. The molecule has 0 aliphatic heterocycles. The van der Waals surface area contributed by atoms with Gasteiger partial charge in [-0.05, 0) is 37.3 Å². The van der Waals surface area contributed by atoms with Gasteiger partial charge >= 0.3 is 5.97 Å². The van der Waals surface area contributed by atoms with Crippen molar-refractivity contribution < 1.29 is 19.1 Å². The van der Waals surface area contributed by atoms with Crippen molar-refractivity contribution in [3.05, 3.63) is 52.0 Å². The van der Waals surface area contributed by atoms with Crippen molar-refractivity contribution >= 4 is 44.9 Å². The molecule has 4 rings (SSSR count). The average molecular weight is 396 g/mol. The van der Waals surface area contributed by atoms with Gasteiger partial charge in [0.2, 0.25) is 11.7 Å². The molecule has 6 nitrogen and oxygen atoms in total. The molecule has 1 aromatic carbocycles. The first-order chi connectivity index (χ1) is 13.5. The van der Waals surface area contributed by atoms with Gasteiger partial charge in [0.05, 0.1) is 5.56 Å². The van der Waals surface area contributed by atoms with Crippen LogP contribution in [0.5, 0.6) is 0 Å². The smallest absolute Gasteiger partial charge is 0.341 e. The predicted octanol–water partition coefficient (Wildman–Crippen LogP) is 4.11. The maximum atomic E-state index is 12.8. The van der Waals surface area contributed by atoms with Gasteiger partial charge in [-0.2, -0.15) is 0 Å². The van der Waals surface area contributed by atoms with Gasteiger partial charge in [-0.15, -0.1) is 11.3 Å². The first-order valence-corrected chi connectivity index (χ1v) is 10.0. The van der Waals surface area contributed by atoms with Crippen LogP contribution in [0.1, 0.15) is 50.9 Å². The second kappa shape index (κ2) is 7.59. The van der Waals surface area contributed by atoms with Gasteiger partial charge in [0.25, 0.3) is 0 Å². The van der Waals surface area contributed by atoms with Crippen LogP contribution in [0.25, 0.3) is 10.9 Å². The van der Waals surface area contributed by atoms with Crippen molar-refractivity contribution in [2.24, 2.45) is 0 Å². The number of aromatic nitrogens is 1. The Morgan fingerprint density at radius 3 is 2.79 bits per heavy atom. The molecule has 0 spiro atoms. The lowest BCUT2D eigenvalue weighted by molar-refractivity contribution is -0.114. The third-order valence-electron chi connectivity index (χ3n) is 4.89. The fourth-order valence-corrected chi connectivity index (χ4v) is 4.94. The number of esters is 1. The van der Waals surface area contributed by atoms with Crippen LogP contribution >= 0.6 is 11.3 Å². The molecule has 144 valence electrons. The minimum Gasteiger partial charge on any atom is -0.454 e. The molecule has 0 atom stereocenters. The number of amides is 1. The Bertz CT molecular complexity index is 1080. The van der Waals surface area contributed by atoms with E-state index in [1.54, 1.807) is 6.20 Å². The van der Waals surface area contributed by atoms with Crippen LogP contribution in [-0.2, 0) is 22.4 Å². The average Bonchev–Trinajstić information content (AvgIpc) is 3.26. The van der Waals surface area contributed by atoms with Crippen LogP contribution < -0.4 is 5.32 Å². The van der Waals surface area contributed by atoms with Crippen molar-refractivity contribution in [2.75, 3.05) is 11.9 Å². The summed E-state index contributed by atoms with van der Waals surface area (Å²) in [6.45, 7) is 1.07. The fraction of sp³-hybridized carbons (Fsp3) is 0.286. The van der Waals surface area contributed by atoms with Crippen molar-refractivity contribution in [2.45, 2.75) is 32.6 Å². The zero-order chi connectivity index (χ0) is 19.7. The normalized spacial score (nSPS) is 13.2. The van der Waals surface area contributed by atoms with E-state index < -0.39 is 5.97 Å². The van der Waals surface area contributed by atoms with Gasteiger partial charge in [-0.1, -0.05) is 18.2 Å². The lowest BCUT2D eigenvalue weighted by atomic mass is 9.95. The standard InChI is InChI=1S/C21H20N2O4S/c1-12(24)23-20-19(14-7-3-5-9-18(14)28-20)21(26)27-11-17(25)15-10-22-16-8-4-2-6-13(15)16/h2,4,6,8,10,22H,3,5,7,9,11H2,1H3,(H,23,24). The Hall–Kier alpha value is -2.93. The summed E-state index contributed by atoms with van der Waals surface area (Å²) in [5.74, 6) is -1.06. The molecule has 28 heavy (non-hydrogen) atoms. The van der Waals surface area contributed by atoms with E-state index in [4.69, 9.17) is 4.74 Å². The van der Waals surface area contributed by atoms with Crippen molar-refractivity contribution in [3.63, 3.8) is 0 Å². The van der Waals surface area contributed by atoms with E-state index in [9.17, 15) is 14.4 Å². The van der Waals surface area contributed by atoms with E-state index in [-0.39, 0.29) is 18.3 Å². The number of carbonyl (C=O) groups is 3. The van der Waals surface area contributed by atoms with Crippen molar-refractivity contribution in [3.8, 4) is 0 Å². The maximum absolute atomic E-state index is 12.8. The van der Waals surface area contributed by atoms with Crippen LogP contribution in [0.15, 0.2) is 30.5 Å². The summed E-state index contributed by atoms with van der Waals surface area (Å²) in [6.07, 6.45) is 5.38. The van der Waals surface area contributed by atoms with Crippen LogP contribution in [-0.4, -0.2) is 29.3 Å². The van der Waals surface area contributed by atoms with E-state index >= 15 is 0 Å². The van der Waals surface area contributed by atoms with Crippen LogP contribution in [0.2, 0.25) is 0 Å². The molecular formula is C21H20N2O4S. The van der Waals surface area contributed by atoms with Crippen molar-refractivity contribution in [1.29, 1.82) is 0 Å². The highest BCUT2D eigenvalue weighted by molar-refractivity contribution is 7.17. The van der Waals surface area contributed by atoms with E-state index in [0.717, 1.165) is 47.0 Å². The number of rotatable bonds is 5. The molecule has 0 saturated carbocycles. The fourth-order valence-electron chi connectivity index (χ4n) is 3.61. The number of hydrogen-bond donors (Lipinski definition) is 2. The molecular weight excluding hydrogens is 376 g/mol. The number of carbonyl (C=O) groups excluding carboxylic acids is 3. The zero-order valence-electron chi connectivity index (χ0n) is 15.5. The molecule has 2 aromatic heterocycles. The summed E-state index contributed by atoms with van der Waals surface area (Å²) < 4.78 is 5.36. The molecule has 0 unspecified atom stereocenters. The molecule has 0 bridgehead atoms. The number of thiophene rings is 1. The predicted molar refractivity (Wildman–Crippen MR) is 108 cm³/mol. The third-order valence-corrected chi connectivity index (χ3v) is 6.10. The van der Waals surface area contributed by atoms with Gasteiger partial charge in [-0.25, -0.2) is 4.79 Å². The summed E-state index contributed by atoms with van der Waals surface area (Å²) >= 11 is 1.43. The highest BCUT2D eigenvalue weighted by Crippen LogP contribution is 2.38. The number of ether oxygens (including phenoxy) is 1. The highest BCUT2D eigenvalue weighted by atomic mass is 32.1. The summed E-state index contributed by atoms with van der Waals surface area (Å²) in [4.78, 5) is 41.1. The third kappa shape index (κ3) is 3.45. The Morgan fingerprint density at radius 1 is 1.18 bits per heavy atom. The first kappa shape index (κ1) is 18.4. The van der Waals surface area contributed by atoms with Gasteiger partial charge in [0, 0.05) is 34.5 Å². The highest BCUT2D eigenvalue weighted by Gasteiger charge is 2.27. The number of aryl methyl sites for hydroxylation is 1. The van der Waals surface area contributed by atoms with Gasteiger partial charge < -0.3 is 15.0 Å². The lowest BCUT2D eigenvalue weighted by Gasteiger charge is -2.12.